The molecule has 0 aromatic carbocycles. The standard InChI is InChI=1S/C18H24N6O/c19-18-22-15-5-2-1-4-14(15)16(23-18)17(25)21-12-6-8-13(9-7-12)24-11-3-10-20-24/h3,10-13H,1-2,4-9H2,(H,21,25)(H2,19,22,23). The van der Waals surface area contributed by atoms with Gasteiger partial charge in [0.1, 0.15) is 5.69 Å². The minimum absolute atomic E-state index is 0.102. The summed E-state index contributed by atoms with van der Waals surface area (Å²) in [6, 6.07) is 2.58. The van der Waals surface area contributed by atoms with E-state index in [0.717, 1.165) is 62.6 Å². The van der Waals surface area contributed by atoms with Crippen molar-refractivity contribution in [1.82, 2.24) is 25.1 Å². The molecule has 7 nitrogen and oxygen atoms in total. The highest BCUT2D eigenvalue weighted by Gasteiger charge is 2.27. The third-order valence-corrected chi connectivity index (χ3v) is 5.35. The van der Waals surface area contributed by atoms with Gasteiger partial charge in [0.25, 0.3) is 5.91 Å². The average Bonchev–Trinajstić information content (AvgIpc) is 3.16. The first-order chi connectivity index (χ1) is 12.2. The third-order valence-electron chi connectivity index (χ3n) is 5.35. The van der Waals surface area contributed by atoms with Gasteiger partial charge in [-0.25, -0.2) is 9.97 Å². The maximum Gasteiger partial charge on any atom is 0.270 e. The predicted molar refractivity (Wildman–Crippen MR) is 94.1 cm³/mol. The Balaban J connectivity index is 1.42. The maximum absolute atomic E-state index is 12.8. The topological polar surface area (TPSA) is 98.7 Å². The number of hydrogen-bond acceptors (Lipinski definition) is 5. The van der Waals surface area contributed by atoms with Crippen molar-refractivity contribution in [1.29, 1.82) is 0 Å². The summed E-state index contributed by atoms with van der Waals surface area (Å²) in [6.45, 7) is 0. The maximum atomic E-state index is 12.8. The molecule has 2 aliphatic rings. The number of carbonyl (C=O) groups excluding carboxylic acids is 1. The van der Waals surface area contributed by atoms with Gasteiger partial charge in [-0.3, -0.25) is 9.48 Å². The molecule has 4 rings (SSSR count). The van der Waals surface area contributed by atoms with Crippen molar-refractivity contribution in [3.8, 4) is 0 Å². The Morgan fingerprint density at radius 3 is 2.72 bits per heavy atom. The molecule has 3 N–H and O–H groups in total. The molecule has 1 amide bonds. The summed E-state index contributed by atoms with van der Waals surface area (Å²) in [5.74, 6) is 0.1000. The SMILES string of the molecule is Nc1nc2c(c(C(=O)NC3CCC(n4cccn4)CC3)n1)CCCC2. The number of nitrogens with one attached hydrogen (secondary N) is 1. The van der Waals surface area contributed by atoms with Crippen molar-refractivity contribution >= 4 is 11.9 Å². The number of aromatic nitrogens is 4. The highest BCUT2D eigenvalue weighted by Crippen LogP contribution is 2.28. The zero-order valence-corrected chi connectivity index (χ0v) is 14.3. The Kier molecular flexibility index (Phi) is 4.38. The second kappa shape index (κ2) is 6.82. The van der Waals surface area contributed by atoms with Crippen LogP contribution in [0.5, 0.6) is 0 Å². The molecule has 2 aromatic rings. The Labute approximate surface area is 147 Å². The molecule has 0 bridgehead atoms. The summed E-state index contributed by atoms with van der Waals surface area (Å²) in [6.07, 6.45) is 11.7. The van der Waals surface area contributed by atoms with E-state index in [-0.39, 0.29) is 17.9 Å². The number of nitrogen functional groups attached to an aromatic ring is 1. The van der Waals surface area contributed by atoms with Gasteiger partial charge in [-0.2, -0.15) is 5.10 Å². The summed E-state index contributed by atoms with van der Waals surface area (Å²) in [4.78, 5) is 21.3. The largest absolute Gasteiger partial charge is 0.368 e. The number of amides is 1. The van der Waals surface area contributed by atoms with Crippen LogP contribution in [-0.4, -0.2) is 31.7 Å². The lowest BCUT2D eigenvalue weighted by Crippen LogP contribution is -2.39. The Morgan fingerprint density at radius 2 is 1.96 bits per heavy atom. The van der Waals surface area contributed by atoms with Crippen LogP contribution >= 0.6 is 0 Å². The van der Waals surface area contributed by atoms with Gasteiger partial charge in [-0.1, -0.05) is 0 Å². The zero-order chi connectivity index (χ0) is 17.2. The number of carbonyl (C=O) groups is 1. The second-order valence-corrected chi connectivity index (χ2v) is 7.03. The quantitative estimate of drug-likeness (QED) is 0.891. The van der Waals surface area contributed by atoms with Gasteiger partial charge in [-0.05, 0) is 57.4 Å². The van der Waals surface area contributed by atoms with Crippen molar-refractivity contribution in [3.63, 3.8) is 0 Å². The van der Waals surface area contributed by atoms with Crippen LogP contribution in [0.2, 0.25) is 0 Å². The average molecular weight is 340 g/mol. The van der Waals surface area contributed by atoms with E-state index in [9.17, 15) is 4.79 Å². The summed E-state index contributed by atoms with van der Waals surface area (Å²) >= 11 is 0. The van der Waals surface area contributed by atoms with E-state index in [1.165, 1.54) is 0 Å². The molecular formula is C18H24N6O. The zero-order valence-electron chi connectivity index (χ0n) is 14.3. The van der Waals surface area contributed by atoms with E-state index in [1.807, 2.05) is 23.1 Å². The molecule has 0 radical (unpaired) electrons. The van der Waals surface area contributed by atoms with Crippen LogP contribution in [0.4, 0.5) is 5.95 Å². The lowest BCUT2D eigenvalue weighted by atomic mass is 9.90. The Morgan fingerprint density at radius 1 is 1.16 bits per heavy atom. The van der Waals surface area contributed by atoms with Gasteiger partial charge < -0.3 is 11.1 Å². The van der Waals surface area contributed by atoms with E-state index in [4.69, 9.17) is 5.73 Å². The molecule has 0 saturated heterocycles. The molecule has 0 atom stereocenters. The van der Waals surface area contributed by atoms with E-state index in [0.29, 0.717) is 11.7 Å². The van der Waals surface area contributed by atoms with Gasteiger partial charge in [0.2, 0.25) is 5.95 Å². The first-order valence-corrected chi connectivity index (χ1v) is 9.16. The molecule has 2 heterocycles. The van der Waals surface area contributed by atoms with Gasteiger partial charge in [0.05, 0.1) is 6.04 Å². The molecule has 7 heteroatoms. The Hall–Kier alpha value is -2.44. The van der Waals surface area contributed by atoms with Crippen LogP contribution in [0.3, 0.4) is 0 Å². The Bertz CT molecular complexity index is 749. The van der Waals surface area contributed by atoms with Gasteiger partial charge >= 0.3 is 0 Å². The van der Waals surface area contributed by atoms with Crippen molar-refractivity contribution in [3.05, 3.63) is 35.4 Å². The van der Waals surface area contributed by atoms with E-state index in [2.05, 4.69) is 20.4 Å². The van der Waals surface area contributed by atoms with Crippen molar-refractivity contribution in [2.75, 3.05) is 5.73 Å². The van der Waals surface area contributed by atoms with Gasteiger partial charge in [0, 0.05) is 29.7 Å². The van der Waals surface area contributed by atoms with Crippen molar-refractivity contribution in [2.45, 2.75) is 63.5 Å². The minimum atomic E-state index is -0.102. The van der Waals surface area contributed by atoms with E-state index in [1.54, 1.807) is 0 Å². The fourth-order valence-corrected chi connectivity index (χ4v) is 4.04. The van der Waals surface area contributed by atoms with Gasteiger partial charge in [-0.15, -0.1) is 0 Å². The summed E-state index contributed by atoms with van der Waals surface area (Å²) in [5.41, 5.74) is 8.24. The first-order valence-electron chi connectivity index (χ1n) is 9.16. The molecule has 1 fully saturated rings. The van der Waals surface area contributed by atoms with Crippen LogP contribution in [0, 0.1) is 0 Å². The van der Waals surface area contributed by atoms with Crippen LogP contribution in [0.25, 0.3) is 0 Å². The summed E-state index contributed by atoms with van der Waals surface area (Å²) in [5, 5.41) is 7.49. The monoisotopic (exact) mass is 340 g/mol. The van der Waals surface area contributed by atoms with Crippen LogP contribution in [0.1, 0.15) is 66.3 Å². The first kappa shape index (κ1) is 16.1. The summed E-state index contributed by atoms with van der Waals surface area (Å²) in [7, 11) is 0. The fourth-order valence-electron chi connectivity index (χ4n) is 4.04. The molecule has 0 spiro atoms. The minimum Gasteiger partial charge on any atom is -0.368 e. The number of rotatable bonds is 3. The number of fused-ring (bicyclic) bond motifs is 1. The number of nitrogens with zero attached hydrogens (tertiary/aromatic N) is 4. The number of hydrogen-bond donors (Lipinski definition) is 2. The molecule has 0 unspecified atom stereocenters. The molecule has 2 aromatic heterocycles. The molecule has 25 heavy (non-hydrogen) atoms. The lowest BCUT2D eigenvalue weighted by Gasteiger charge is -2.29. The fraction of sp³-hybridized carbons (Fsp3) is 0.556. The third kappa shape index (κ3) is 3.36. The van der Waals surface area contributed by atoms with Crippen molar-refractivity contribution < 1.29 is 4.79 Å². The van der Waals surface area contributed by atoms with Crippen LogP contribution in [0.15, 0.2) is 18.5 Å². The van der Waals surface area contributed by atoms with E-state index >= 15 is 0 Å². The molecule has 2 aliphatic carbocycles. The molecule has 132 valence electrons. The highest BCUT2D eigenvalue weighted by atomic mass is 16.2. The van der Waals surface area contributed by atoms with Gasteiger partial charge in [0.15, 0.2) is 0 Å². The second-order valence-electron chi connectivity index (χ2n) is 7.03. The summed E-state index contributed by atoms with van der Waals surface area (Å²) < 4.78 is 2.03. The molecule has 1 saturated carbocycles. The number of aryl methyl sites for hydroxylation is 1. The lowest BCUT2D eigenvalue weighted by molar-refractivity contribution is 0.0915. The smallest absolute Gasteiger partial charge is 0.270 e. The molecular weight excluding hydrogens is 316 g/mol. The van der Waals surface area contributed by atoms with Crippen LogP contribution < -0.4 is 11.1 Å². The van der Waals surface area contributed by atoms with Crippen molar-refractivity contribution in [2.24, 2.45) is 0 Å². The normalized spacial score (nSPS) is 23.0. The van der Waals surface area contributed by atoms with Crippen LogP contribution in [-0.2, 0) is 12.8 Å². The van der Waals surface area contributed by atoms with E-state index < -0.39 is 0 Å². The molecule has 0 aliphatic heterocycles. The number of nitrogens with two attached hydrogens (primary N) is 1. The predicted octanol–water partition coefficient (Wildman–Crippen LogP) is 2.05. The number of anilines is 1. The highest BCUT2D eigenvalue weighted by molar-refractivity contribution is 5.94.